The van der Waals surface area contributed by atoms with Crippen molar-refractivity contribution in [3.63, 3.8) is 0 Å². The van der Waals surface area contributed by atoms with Gasteiger partial charge in [0.2, 0.25) is 0 Å². The molecule has 0 aromatic heterocycles. The number of hydrogen-bond acceptors (Lipinski definition) is 4. The third-order valence-corrected chi connectivity index (χ3v) is 5.10. The molecule has 168 valence electrons. The number of amides is 2. The van der Waals surface area contributed by atoms with Crippen LogP contribution in [0.15, 0.2) is 48.5 Å². The second kappa shape index (κ2) is 12.0. The number of nitrogens with one attached hydrogen (secondary N) is 1. The number of aryl methyl sites for hydroxylation is 2. The molecule has 0 fully saturated rings. The average Bonchev–Trinajstić information content (AvgIpc) is 2.73. The summed E-state index contributed by atoms with van der Waals surface area (Å²) in [6.07, 6.45) is -1.62. The van der Waals surface area contributed by atoms with Crippen molar-refractivity contribution >= 4 is 12.2 Å². The summed E-state index contributed by atoms with van der Waals surface area (Å²) in [6, 6.07) is 14.5. The lowest BCUT2D eigenvalue weighted by atomic mass is 10.0. The number of carboxylic acid groups (broad SMARTS) is 1. The monoisotopic (exact) mass is 428 g/mol. The van der Waals surface area contributed by atoms with Gasteiger partial charge in [-0.25, -0.2) is 9.59 Å². The number of nitrogens with zero attached hydrogens (tertiary/aromatic N) is 1. The van der Waals surface area contributed by atoms with E-state index in [9.17, 15) is 19.8 Å². The topological polar surface area (TPSA) is 99.1 Å². The van der Waals surface area contributed by atoms with Crippen molar-refractivity contribution in [3.8, 4) is 0 Å². The molecule has 7 heteroatoms. The van der Waals surface area contributed by atoms with Gasteiger partial charge in [0.25, 0.3) is 0 Å². The fourth-order valence-electron chi connectivity index (χ4n) is 3.40. The average molecular weight is 429 g/mol. The Hall–Kier alpha value is -3.06. The molecule has 0 saturated carbocycles. The van der Waals surface area contributed by atoms with Crippen LogP contribution >= 0.6 is 0 Å². The number of carbonyl (C=O) groups is 2. The van der Waals surface area contributed by atoms with Crippen LogP contribution in [0.1, 0.15) is 42.0 Å². The van der Waals surface area contributed by atoms with Crippen LogP contribution in [0.4, 0.5) is 9.59 Å². The maximum absolute atomic E-state index is 12.9. The Morgan fingerprint density at radius 3 is 2.45 bits per heavy atom. The van der Waals surface area contributed by atoms with Gasteiger partial charge < -0.3 is 25.2 Å². The summed E-state index contributed by atoms with van der Waals surface area (Å²) in [5, 5.41) is 22.0. The van der Waals surface area contributed by atoms with Crippen molar-refractivity contribution in [1.82, 2.24) is 10.2 Å². The third-order valence-electron chi connectivity index (χ3n) is 5.10. The van der Waals surface area contributed by atoms with E-state index in [4.69, 9.17) is 4.74 Å². The summed E-state index contributed by atoms with van der Waals surface area (Å²) in [5.41, 5.74) is 3.93. The van der Waals surface area contributed by atoms with Gasteiger partial charge in [0, 0.05) is 13.1 Å². The van der Waals surface area contributed by atoms with Gasteiger partial charge >= 0.3 is 12.2 Å². The minimum absolute atomic E-state index is 0.00555. The predicted molar refractivity (Wildman–Crippen MR) is 119 cm³/mol. The van der Waals surface area contributed by atoms with Gasteiger partial charge in [-0.05, 0) is 37.0 Å². The van der Waals surface area contributed by atoms with Crippen molar-refractivity contribution < 1.29 is 24.5 Å². The normalized spacial score (nSPS) is 12.6. The Labute approximate surface area is 183 Å². The molecule has 2 aromatic rings. The van der Waals surface area contributed by atoms with E-state index in [2.05, 4.69) is 5.32 Å². The van der Waals surface area contributed by atoms with Crippen molar-refractivity contribution in [2.24, 2.45) is 0 Å². The summed E-state index contributed by atoms with van der Waals surface area (Å²) in [5.74, 6) is 0. The largest absolute Gasteiger partial charge is 0.465 e. The van der Waals surface area contributed by atoms with Gasteiger partial charge in [-0.3, -0.25) is 0 Å². The molecule has 2 unspecified atom stereocenters. The van der Waals surface area contributed by atoms with E-state index in [1.165, 1.54) is 4.90 Å². The van der Waals surface area contributed by atoms with Gasteiger partial charge in [0.15, 0.2) is 0 Å². The van der Waals surface area contributed by atoms with E-state index in [-0.39, 0.29) is 19.7 Å². The second-order valence-electron chi connectivity index (χ2n) is 7.76. The molecule has 0 aliphatic rings. The number of benzene rings is 2. The van der Waals surface area contributed by atoms with Crippen molar-refractivity contribution in [1.29, 1.82) is 0 Å². The second-order valence-corrected chi connectivity index (χ2v) is 7.76. The number of aliphatic hydroxyl groups is 1. The van der Waals surface area contributed by atoms with E-state index in [0.29, 0.717) is 12.8 Å². The molecular weight excluding hydrogens is 396 g/mol. The van der Waals surface area contributed by atoms with E-state index >= 15 is 0 Å². The summed E-state index contributed by atoms with van der Waals surface area (Å²) in [4.78, 5) is 25.7. The molecule has 0 heterocycles. The molecule has 0 spiro atoms. The van der Waals surface area contributed by atoms with Gasteiger partial charge in [0.05, 0.1) is 12.1 Å². The van der Waals surface area contributed by atoms with Crippen LogP contribution in [-0.4, -0.2) is 46.0 Å². The molecule has 3 N–H and O–H groups in total. The fourth-order valence-corrected chi connectivity index (χ4v) is 3.40. The Bertz CT molecular complexity index is 856. The molecule has 0 saturated heterocycles. The summed E-state index contributed by atoms with van der Waals surface area (Å²) < 4.78 is 5.50. The Kier molecular flexibility index (Phi) is 9.34. The molecule has 2 rings (SSSR count). The molecule has 7 nitrogen and oxygen atoms in total. The van der Waals surface area contributed by atoms with E-state index < -0.39 is 24.3 Å². The first-order valence-corrected chi connectivity index (χ1v) is 10.5. The lowest BCUT2D eigenvalue weighted by Crippen LogP contribution is -2.51. The lowest BCUT2D eigenvalue weighted by molar-refractivity contribution is 0.0650. The van der Waals surface area contributed by atoms with Crippen molar-refractivity contribution in [2.75, 3.05) is 6.54 Å². The van der Waals surface area contributed by atoms with Crippen LogP contribution in [0.2, 0.25) is 0 Å². The van der Waals surface area contributed by atoms with Gasteiger partial charge in [-0.2, -0.15) is 0 Å². The molecule has 31 heavy (non-hydrogen) atoms. The number of carbonyl (C=O) groups excluding carboxylic acids is 1. The fraction of sp³-hybridized carbons (Fsp3) is 0.417. The molecular formula is C24H32N2O5. The van der Waals surface area contributed by atoms with Crippen LogP contribution in [0, 0.1) is 13.8 Å². The Morgan fingerprint density at radius 1 is 1.13 bits per heavy atom. The van der Waals surface area contributed by atoms with Crippen molar-refractivity contribution in [3.05, 3.63) is 70.8 Å². The molecule has 0 aliphatic carbocycles. The Balaban J connectivity index is 2.21. The van der Waals surface area contributed by atoms with Gasteiger partial charge in [-0.1, -0.05) is 67.4 Å². The first-order valence-electron chi connectivity index (χ1n) is 10.5. The minimum atomic E-state index is -1.25. The zero-order chi connectivity index (χ0) is 22.8. The maximum Gasteiger partial charge on any atom is 0.410 e. The highest BCUT2D eigenvalue weighted by atomic mass is 16.6. The van der Waals surface area contributed by atoms with Crippen molar-refractivity contribution in [2.45, 2.75) is 58.9 Å². The molecule has 2 amide bonds. The first kappa shape index (κ1) is 24.2. The van der Waals surface area contributed by atoms with Crippen LogP contribution in [-0.2, 0) is 17.9 Å². The van der Waals surface area contributed by atoms with Crippen LogP contribution < -0.4 is 5.32 Å². The smallest absolute Gasteiger partial charge is 0.410 e. The molecule has 0 aliphatic heterocycles. The zero-order valence-corrected chi connectivity index (χ0v) is 18.4. The van der Waals surface area contributed by atoms with Crippen LogP contribution in [0.5, 0.6) is 0 Å². The summed E-state index contributed by atoms with van der Waals surface area (Å²) >= 11 is 0. The number of hydrogen-bond donors (Lipinski definition) is 3. The number of rotatable bonds is 10. The van der Waals surface area contributed by atoms with Crippen LogP contribution in [0.3, 0.4) is 0 Å². The van der Waals surface area contributed by atoms with E-state index in [1.807, 2.05) is 69.3 Å². The van der Waals surface area contributed by atoms with Gasteiger partial charge in [-0.15, -0.1) is 0 Å². The maximum atomic E-state index is 12.9. The van der Waals surface area contributed by atoms with Crippen LogP contribution in [0.25, 0.3) is 0 Å². The summed E-state index contributed by atoms with van der Waals surface area (Å²) in [7, 11) is 0. The quantitative estimate of drug-likeness (QED) is 0.526. The first-order chi connectivity index (χ1) is 14.8. The molecule has 2 atom stereocenters. The third kappa shape index (κ3) is 7.94. The highest BCUT2D eigenvalue weighted by Gasteiger charge is 2.27. The summed E-state index contributed by atoms with van der Waals surface area (Å²) in [6.45, 7) is 6.22. The number of ether oxygens (including phenoxy) is 1. The van der Waals surface area contributed by atoms with E-state index in [0.717, 1.165) is 22.3 Å². The lowest BCUT2D eigenvalue weighted by Gasteiger charge is -2.30. The zero-order valence-electron chi connectivity index (χ0n) is 18.4. The molecule has 2 aromatic carbocycles. The Morgan fingerprint density at radius 2 is 1.84 bits per heavy atom. The molecule has 0 bridgehead atoms. The number of aliphatic hydroxyl groups excluding tert-OH is 1. The molecule has 0 radical (unpaired) electrons. The highest BCUT2D eigenvalue weighted by Crippen LogP contribution is 2.16. The highest BCUT2D eigenvalue weighted by molar-refractivity contribution is 5.68. The standard InChI is InChI=1S/C24H32N2O5/c1-4-8-22(27)21(25-23(28)29)15-26(14-20-12-11-17(2)13-18(20)3)24(30)31-16-19-9-6-5-7-10-19/h5-7,9-13,21-22,25,27H,4,8,14-16H2,1-3H3,(H,28,29). The predicted octanol–water partition coefficient (Wildman–Crippen LogP) is 4.24. The minimum Gasteiger partial charge on any atom is -0.465 e. The van der Waals surface area contributed by atoms with Gasteiger partial charge in [0.1, 0.15) is 6.61 Å². The van der Waals surface area contributed by atoms with E-state index in [1.54, 1.807) is 0 Å². The SMILES string of the molecule is CCCC(O)C(CN(Cc1ccc(C)cc1C)C(=O)OCc1ccccc1)NC(=O)O.